The minimum absolute atomic E-state index is 0.0389. The van der Waals surface area contributed by atoms with Gasteiger partial charge in [-0.2, -0.15) is 4.31 Å². The molecule has 6 nitrogen and oxygen atoms in total. The first-order chi connectivity index (χ1) is 13.4. The quantitative estimate of drug-likeness (QED) is 0.673. The molecule has 1 aliphatic heterocycles. The lowest BCUT2D eigenvalue weighted by molar-refractivity contribution is -0.128. The first-order valence-electron chi connectivity index (χ1n) is 9.28. The molecule has 28 heavy (non-hydrogen) atoms. The molecule has 1 aromatic carbocycles. The van der Waals surface area contributed by atoms with Crippen molar-refractivity contribution in [3.63, 3.8) is 0 Å². The Morgan fingerprint density at radius 3 is 2.32 bits per heavy atom. The van der Waals surface area contributed by atoms with Crippen LogP contribution in [0.1, 0.15) is 30.1 Å². The first kappa shape index (κ1) is 20.8. The molecule has 1 aliphatic rings. The van der Waals surface area contributed by atoms with Crippen molar-refractivity contribution >= 4 is 27.7 Å². The molecular weight excluding hydrogens is 394 g/mol. The predicted molar refractivity (Wildman–Crippen MR) is 111 cm³/mol. The molecule has 1 saturated heterocycles. The SMILES string of the molecule is CN(C)C(=O)C(Sc1ccc(S(=O)(=O)N2CCCCC2)cn1)c1ccccc1. The second-order valence-corrected chi connectivity index (χ2v) is 10.0. The molecule has 0 saturated carbocycles. The summed E-state index contributed by atoms with van der Waals surface area (Å²) in [5.41, 5.74) is 0.887. The van der Waals surface area contributed by atoms with E-state index in [1.165, 1.54) is 22.3 Å². The predicted octanol–water partition coefficient (Wildman–Crippen LogP) is 3.18. The van der Waals surface area contributed by atoms with E-state index in [9.17, 15) is 13.2 Å². The summed E-state index contributed by atoms with van der Waals surface area (Å²) < 4.78 is 27.0. The van der Waals surface area contributed by atoms with Gasteiger partial charge in [-0.15, -0.1) is 0 Å². The highest BCUT2D eigenvalue weighted by atomic mass is 32.2. The van der Waals surface area contributed by atoms with Crippen LogP contribution in [0.15, 0.2) is 58.6 Å². The van der Waals surface area contributed by atoms with E-state index in [4.69, 9.17) is 0 Å². The van der Waals surface area contributed by atoms with Crippen LogP contribution in [0.25, 0.3) is 0 Å². The summed E-state index contributed by atoms with van der Waals surface area (Å²) in [7, 11) is -0.0572. The standard InChI is InChI=1S/C20H25N3O3S2/c1-22(2)20(24)19(16-9-5-3-6-10-16)27-18-12-11-17(15-21-18)28(25,26)23-13-7-4-8-14-23/h3,5-6,9-12,15,19H,4,7-8,13-14H2,1-2H3. The number of sulfonamides is 1. The van der Waals surface area contributed by atoms with Gasteiger partial charge < -0.3 is 4.90 Å². The highest BCUT2D eigenvalue weighted by Crippen LogP contribution is 2.35. The number of pyridine rings is 1. The number of benzene rings is 1. The van der Waals surface area contributed by atoms with E-state index in [2.05, 4.69) is 4.98 Å². The van der Waals surface area contributed by atoms with Crippen molar-refractivity contribution in [3.05, 3.63) is 54.2 Å². The third kappa shape index (κ3) is 4.74. The van der Waals surface area contributed by atoms with E-state index in [0.717, 1.165) is 24.8 Å². The smallest absolute Gasteiger partial charge is 0.244 e. The van der Waals surface area contributed by atoms with Gasteiger partial charge in [0.2, 0.25) is 15.9 Å². The minimum Gasteiger partial charge on any atom is -0.348 e. The van der Waals surface area contributed by atoms with E-state index in [1.54, 1.807) is 31.1 Å². The highest BCUT2D eigenvalue weighted by molar-refractivity contribution is 8.00. The largest absolute Gasteiger partial charge is 0.348 e. The van der Waals surface area contributed by atoms with Crippen LogP contribution in [-0.2, 0) is 14.8 Å². The summed E-state index contributed by atoms with van der Waals surface area (Å²) in [5, 5.41) is 0.176. The van der Waals surface area contributed by atoms with Crippen molar-refractivity contribution in [1.82, 2.24) is 14.2 Å². The molecule has 2 heterocycles. The van der Waals surface area contributed by atoms with Gasteiger partial charge >= 0.3 is 0 Å². The van der Waals surface area contributed by atoms with E-state index in [1.807, 2.05) is 30.3 Å². The van der Waals surface area contributed by atoms with Crippen molar-refractivity contribution in [2.75, 3.05) is 27.2 Å². The van der Waals surface area contributed by atoms with Crippen molar-refractivity contribution in [3.8, 4) is 0 Å². The maximum Gasteiger partial charge on any atom is 0.244 e. The number of rotatable bonds is 6. The second-order valence-electron chi connectivity index (χ2n) is 6.94. The maximum absolute atomic E-state index is 12.8. The third-order valence-electron chi connectivity index (χ3n) is 4.67. The molecule has 0 radical (unpaired) electrons. The number of nitrogens with zero attached hydrogens (tertiary/aromatic N) is 3. The molecule has 0 spiro atoms. The Morgan fingerprint density at radius 1 is 1.07 bits per heavy atom. The number of hydrogen-bond acceptors (Lipinski definition) is 5. The molecule has 8 heteroatoms. The minimum atomic E-state index is -3.50. The lowest BCUT2D eigenvalue weighted by Crippen LogP contribution is -2.35. The van der Waals surface area contributed by atoms with E-state index < -0.39 is 15.3 Å². The van der Waals surface area contributed by atoms with Crippen molar-refractivity contribution in [2.45, 2.75) is 34.4 Å². The van der Waals surface area contributed by atoms with Gasteiger partial charge in [-0.1, -0.05) is 48.5 Å². The van der Waals surface area contributed by atoms with Gasteiger partial charge in [-0.25, -0.2) is 13.4 Å². The summed E-state index contributed by atoms with van der Waals surface area (Å²) in [4.78, 5) is 18.7. The van der Waals surface area contributed by atoms with Crippen LogP contribution < -0.4 is 0 Å². The molecular formula is C20H25N3O3S2. The van der Waals surface area contributed by atoms with Crippen LogP contribution in [0.2, 0.25) is 0 Å². The Balaban J connectivity index is 1.80. The number of thioether (sulfide) groups is 1. The zero-order valence-corrected chi connectivity index (χ0v) is 17.7. The summed E-state index contributed by atoms with van der Waals surface area (Å²) in [6, 6.07) is 12.8. The zero-order chi connectivity index (χ0) is 20.1. The Labute approximate surface area is 171 Å². The molecule has 2 aromatic rings. The average molecular weight is 420 g/mol. The Bertz CT molecular complexity index is 894. The molecule has 1 atom stereocenters. The summed E-state index contributed by atoms with van der Waals surface area (Å²) >= 11 is 1.32. The van der Waals surface area contributed by atoms with E-state index in [-0.39, 0.29) is 10.8 Å². The normalized spacial score (nSPS) is 16.5. The topological polar surface area (TPSA) is 70.6 Å². The molecule has 1 amide bonds. The number of amides is 1. The molecule has 1 fully saturated rings. The molecule has 0 N–H and O–H groups in total. The second kappa shape index (κ2) is 9.07. The molecule has 0 bridgehead atoms. The maximum atomic E-state index is 12.8. The molecule has 0 aliphatic carbocycles. The van der Waals surface area contributed by atoms with Crippen LogP contribution in [0.4, 0.5) is 0 Å². The fourth-order valence-electron chi connectivity index (χ4n) is 3.09. The van der Waals surface area contributed by atoms with Gasteiger partial charge in [0.15, 0.2) is 0 Å². The number of hydrogen-bond donors (Lipinski definition) is 0. The lowest BCUT2D eigenvalue weighted by Gasteiger charge is -2.25. The number of likely N-dealkylation sites (N-methyl/N-ethyl adjacent to an activating group) is 1. The van der Waals surface area contributed by atoms with Gasteiger partial charge in [-0.05, 0) is 30.5 Å². The third-order valence-corrected chi connectivity index (χ3v) is 7.74. The van der Waals surface area contributed by atoms with Crippen LogP contribution in [-0.4, -0.2) is 55.7 Å². The van der Waals surface area contributed by atoms with Crippen LogP contribution in [0.5, 0.6) is 0 Å². The molecule has 1 aromatic heterocycles. The lowest BCUT2D eigenvalue weighted by atomic mass is 10.1. The molecule has 1 unspecified atom stereocenters. The number of carbonyl (C=O) groups is 1. The fraction of sp³-hybridized carbons (Fsp3) is 0.400. The molecule has 150 valence electrons. The van der Waals surface area contributed by atoms with Crippen LogP contribution in [0, 0.1) is 0 Å². The van der Waals surface area contributed by atoms with E-state index in [0.29, 0.717) is 18.1 Å². The van der Waals surface area contributed by atoms with Crippen molar-refractivity contribution in [1.29, 1.82) is 0 Å². The zero-order valence-electron chi connectivity index (χ0n) is 16.1. The fourth-order valence-corrected chi connectivity index (χ4v) is 5.66. The van der Waals surface area contributed by atoms with Gasteiger partial charge in [0.05, 0.1) is 5.03 Å². The number of carbonyl (C=O) groups excluding carboxylic acids is 1. The molecule has 3 rings (SSSR count). The van der Waals surface area contributed by atoms with Crippen molar-refractivity contribution in [2.24, 2.45) is 0 Å². The van der Waals surface area contributed by atoms with E-state index >= 15 is 0 Å². The number of aromatic nitrogens is 1. The average Bonchev–Trinajstić information content (AvgIpc) is 2.73. The Kier molecular flexibility index (Phi) is 6.74. The monoisotopic (exact) mass is 419 g/mol. The van der Waals surface area contributed by atoms with Gasteiger partial charge in [0.25, 0.3) is 0 Å². The van der Waals surface area contributed by atoms with Crippen LogP contribution >= 0.6 is 11.8 Å². The van der Waals surface area contributed by atoms with Gasteiger partial charge in [-0.3, -0.25) is 4.79 Å². The Morgan fingerprint density at radius 2 is 1.75 bits per heavy atom. The Hall–Kier alpha value is -1.90. The summed E-state index contributed by atoms with van der Waals surface area (Å²) in [6.45, 7) is 1.12. The van der Waals surface area contributed by atoms with Crippen molar-refractivity contribution < 1.29 is 13.2 Å². The summed E-state index contributed by atoms with van der Waals surface area (Å²) in [6.07, 6.45) is 4.26. The number of piperidine rings is 1. The van der Waals surface area contributed by atoms with Gasteiger partial charge in [0.1, 0.15) is 10.1 Å². The summed E-state index contributed by atoms with van der Waals surface area (Å²) in [5.74, 6) is -0.0389. The van der Waals surface area contributed by atoms with Gasteiger partial charge in [0, 0.05) is 33.4 Å². The van der Waals surface area contributed by atoms with Crippen LogP contribution in [0.3, 0.4) is 0 Å². The highest BCUT2D eigenvalue weighted by Gasteiger charge is 2.27. The first-order valence-corrected chi connectivity index (χ1v) is 11.6.